The van der Waals surface area contributed by atoms with Crippen molar-refractivity contribution in [2.45, 2.75) is 44.1 Å². The number of aliphatic carboxylic acids is 1. The molecular formula is C15H20N2O3. The standard InChI is InChI=1S/C15H20N2O3/c16-12-6-2-1-5-11(12)7-8-13(18)17-15(14(19)20)9-3-4-10-15/h1-2,5-6H,3-4,7-10,16H2,(H,17,18)(H,19,20). The molecule has 0 saturated heterocycles. The van der Waals surface area contributed by atoms with Crippen LogP contribution in [0.4, 0.5) is 5.69 Å². The summed E-state index contributed by atoms with van der Waals surface area (Å²) >= 11 is 0. The molecule has 1 aromatic carbocycles. The topological polar surface area (TPSA) is 92.4 Å². The fourth-order valence-electron chi connectivity index (χ4n) is 2.71. The number of anilines is 1. The summed E-state index contributed by atoms with van der Waals surface area (Å²) in [6, 6.07) is 7.39. The highest BCUT2D eigenvalue weighted by Crippen LogP contribution is 2.30. The van der Waals surface area contributed by atoms with Gasteiger partial charge in [0.05, 0.1) is 0 Å². The zero-order chi connectivity index (χ0) is 14.6. The number of aryl methyl sites for hydroxylation is 1. The second-order valence-corrected chi connectivity index (χ2v) is 5.34. The van der Waals surface area contributed by atoms with Crippen LogP contribution in [0.5, 0.6) is 0 Å². The molecule has 5 heteroatoms. The molecule has 0 aromatic heterocycles. The van der Waals surface area contributed by atoms with E-state index in [9.17, 15) is 14.7 Å². The van der Waals surface area contributed by atoms with Crippen molar-refractivity contribution in [2.75, 3.05) is 5.73 Å². The first-order chi connectivity index (χ1) is 9.53. The van der Waals surface area contributed by atoms with Crippen molar-refractivity contribution < 1.29 is 14.7 Å². The predicted octanol–water partition coefficient (Wildman–Crippen LogP) is 1.71. The van der Waals surface area contributed by atoms with Crippen LogP contribution < -0.4 is 11.1 Å². The zero-order valence-electron chi connectivity index (χ0n) is 11.4. The van der Waals surface area contributed by atoms with Gasteiger partial charge in [-0.05, 0) is 30.9 Å². The molecule has 1 aliphatic rings. The third-order valence-corrected chi connectivity index (χ3v) is 3.92. The number of nitrogens with one attached hydrogen (secondary N) is 1. The van der Waals surface area contributed by atoms with Crippen LogP contribution in [0.2, 0.25) is 0 Å². The smallest absolute Gasteiger partial charge is 0.329 e. The van der Waals surface area contributed by atoms with Crippen LogP contribution in [-0.2, 0) is 16.0 Å². The van der Waals surface area contributed by atoms with Gasteiger partial charge in [-0.3, -0.25) is 4.79 Å². The number of benzene rings is 1. The maximum Gasteiger partial charge on any atom is 0.329 e. The number of carboxylic acids is 1. The van der Waals surface area contributed by atoms with Gasteiger partial charge in [0.25, 0.3) is 0 Å². The summed E-state index contributed by atoms with van der Waals surface area (Å²) in [4.78, 5) is 23.3. The first kappa shape index (κ1) is 14.4. The Hall–Kier alpha value is -2.04. The molecule has 1 saturated carbocycles. The molecule has 1 aromatic rings. The van der Waals surface area contributed by atoms with Crippen LogP contribution in [0.25, 0.3) is 0 Å². The number of carboxylic acid groups (broad SMARTS) is 1. The molecule has 0 heterocycles. The molecule has 1 aliphatic carbocycles. The van der Waals surface area contributed by atoms with Gasteiger partial charge in [-0.15, -0.1) is 0 Å². The van der Waals surface area contributed by atoms with E-state index in [2.05, 4.69) is 5.32 Å². The quantitative estimate of drug-likeness (QED) is 0.714. The molecule has 4 N–H and O–H groups in total. The van der Waals surface area contributed by atoms with Gasteiger partial charge in [0, 0.05) is 12.1 Å². The van der Waals surface area contributed by atoms with Gasteiger partial charge in [-0.25, -0.2) is 4.79 Å². The van der Waals surface area contributed by atoms with E-state index in [-0.39, 0.29) is 12.3 Å². The number of carbonyl (C=O) groups is 2. The molecule has 0 bridgehead atoms. The lowest BCUT2D eigenvalue weighted by molar-refractivity contribution is -0.147. The van der Waals surface area contributed by atoms with E-state index >= 15 is 0 Å². The Kier molecular flexibility index (Phi) is 4.27. The van der Waals surface area contributed by atoms with E-state index in [1.54, 1.807) is 6.07 Å². The Morgan fingerprint density at radius 3 is 2.50 bits per heavy atom. The lowest BCUT2D eigenvalue weighted by Crippen LogP contribution is -2.52. The number of nitrogen functional groups attached to an aromatic ring is 1. The maximum absolute atomic E-state index is 12.0. The Morgan fingerprint density at radius 1 is 1.25 bits per heavy atom. The highest BCUT2D eigenvalue weighted by atomic mass is 16.4. The van der Waals surface area contributed by atoms with Crippen LogP contribution in [0, 0.1) is 0 Å². The number of nitrogens with two attached hydrogens (primary N) is 1. The van der Waals surface area contributed by atoms with E-state index in [1.807, 2.05) is 18.2 Å². The molecule has 2 rings (SSSR count). The second-order valence-electron chi connectivity index (χ2n) is 5.34. The number of rotatable bonds is 5. The predicted molar refractivity (Wildman–Crippen MR) is 76.2 cm³/mol. The van der Waals surface area contributed by atoms with Crippen molar-refractivity contribution in [3.8, 4) is 0 Å². The fraction of sp³-hybridized carbons (Fsp3) is 0.467. The minimum atomic E-state index is -1.06. The van der Waals surface area contributed by atoms with Crippen molar-refractivity contribution in [3.63, 3.8) is 0 Å². The van der Waals surface area contributed by atoms with Gasteiger partial charge in [0.15, 0.2) is 0 Å². The fourth-order valence-corrected chi connectivity index (χ4v) is 2.71. The molecule has 0 aliphatic heterocycles. The highest BCUT2D eigenvalue weighted by Gasteiger charge is 2.42. The summed E-state index contributed by atoms with van der Waals surface area (Å²) in [5, 5.41) is 12.0. The molecule has 0 unspecified atom stereocenters. The van der Waals surface area contributed by atoms with E-state index in [0.29, 0.717) is 24.9 Å². The number of hydrogen-bond donors (Lipinski definition) is 3. The molecule has 20 heavy (non-hydrogen) atoms. The summed E-state index contributed by atoms with van der Waals surface area (Å²) in [5.74, 6) is -1.15. The summed E-state index contributed by atoms with van der Waals surface area (Å²) in [6.45, 7) is 0. The van der Waals surface area contributed by atoms with Crippen LogP contribution in [0.3, 0.4) is 0 Å². The van der Waals surface area contributed by atoms with E-state index in [0.717, 1.165) is 18.4 Å². The molecule has 0 atom stereocenters. The Balaban J connectivity index is 1.92. The minimum Gasteiger partial charge on any atom is -0.480 e. The summed E-state index contributed by atoms with van der Waals surface area (Å²) in [5.41, 5.74) is 6.34. The van der Waals surface area contributed by atoms with Crippen molar-refractivity contribution in [1.82, 2.24) is 5.32 Å². The molecule has 5 nitrogen and oxygen atoms in total. The van der Waals surface area contributed by atoms with E-state index in [4.69, 9.17) is 5.73 Å². The van der Waals surface area contributed by atoms with Gasteiger partial charge < -0.3 is 16.2 Å². The van der Waals surface area contributed by atoms with Gasteiger partial charge in [-0.2, -0.15) is 0 Å². The van der Waals surface area contributed by atoms with Gasteiger partial charge in [0.1, 0.15) is 5.54 Å². The van der Waals surface area contributed by atoms with Gasteiger partial charge >= 0.3 is 5.97 Å². The average molecular weight is 276 g/mol. The number of amides is 1. The lowest BCUT2D eigenvalue weighted by atomic mass is 9.97. The average Bonchev–Trinajstić information content (AvgIpc) is 2.88. The molecule has 108 valence electrons. The molecule has 1 fully saturated rings. The van der Waals surface area contributed by atoms with E-state index < -0.39 is 11.5 Å². The molecule has 0 radical (unpaired) electrons. The molecular weight excluding hydrogens is 256 g/mol. The number of carbonyl (C=O) groups excluding carboxylic acids is 1. The van der Waals surface area contributed by atoms with Crippen LogP contribution in [0.15, 0.2) is 24.3 Å². The SMILES string of the molecule is Nc1ccccc1CCC(=O)NC1(C(=O)O)CCCC1. The largest absolute Gasteiger partial charge is 0.480 e. The van der Waals surface area contributed by atoms with Crippen molar-refractivity contribution in [3.05, 3.63) is 29.8 Å². The minimum absolute atomic E-state index is 0.224. The third-order valence-electron chi connectivity index (χ3n) is 3.92. The summed E-state index contributed by atoms with van der Waals surface area (Å²) in [6.07, 6.45) is 3.50. The molecule has 1 amide bonds. The summed E-state index contributed by atoms with van der Waals surface area (Å²) < 4.78 is 0. The lowest BCUT2D eigenvalue weighted by Gasteiger charge is -2.25. The van der Waals surface area contributed by atoms with Crippen LogP contribution in [0.1, 0.15) is 37.7 Å². The monoisotopic (exact) mass is 276 g/mol. The first-order valence-electron chi connectivity index (χ1n) is 6.91. The Morgan fingerprint density at radius 2 is 1.90 bits per heavy atom. The third kappa shape index (κ3) is 3.10. The van der Waals surface area contributed by atoms with Crippen molar-refractivity contribution >= 4 is 17.6 Å². The Labute approximate surface area is 118 Å². The van der Waals surface area contributed by atoms with Crippen LogP contribution in [-0.4, -0.2) is 22.5 Å². The first-order valence-corrected chi connectivity index (χ1v) is 6.91. The zero-order valence-corrected chi connectivity index (χ0v) is 11.4. The Bertz CT molecular complexity index is 508. The number of hydrogen-bond acceptors (Lipinski definition) is 3. The number of para-hydroxylation sites is 1. The normalized spacial score (nSPS) is 16.8. The maximum atomic E-state index is 12.0. The van der Waals surface area contributed by atoms with Gasteiger partial charge in [0.2, 0.25) is 5.91 Å². The van der Waals surface area contributed by atoms with Crippen molar-refractivity contribution in [2.24, 2.45) is 0 Å². The molecule has 0 spiro atoms. The van der Waals surface area contributed by atoms with Crippen LogP contribution >= 0.6 is 0 Å². The summed E-state index contributed by atoms with van der Waals surface area (Å²) in [7, 11) is 0. The highest BCUT2D eigenvalue weighted by molar-refractivity contribution is 5.87. The van der Waals surface area contributed by atoms with Gasteiger partial charge in [-0.1, -0.05) is 31.0 Å². The van der Waals surface area contributed by atoms with E-state index in [1.165, 1.54) is 0 Å². The van der Waals surface area contributed by atoms with Crippen molar-refractivity contribution in [1.29, 1.82) is 0 Å². The second kappa shape index (κ2) is 5.94.